The summed E-state index contributed by atoms with van der Waals surface area (Å²) in [5, 5.41) is 0. The van der Waals surface area contributed by atoms with E-state index in [0.717, 1.165) is 12.0 Å². The lowest BCUT2D eigenvalue weighted by Crippen LogP contribution is -2.59. The summed E-state index contributed by atoms with van der Waals surface area (Å²) in [4.78, 5) is 30.1. The molecule has 1 aliphatic heterocycles. The predicted octanol–water partition coefficient (Wildman–Crippen LogP) is 3.20. The number of carbonyl (C=O) groups excluding carboxylic acids is 2. The second kappa shape index (κ2) is 5.59. The van der Waals surface area contributed by atoms with Crippen LogP contribution in [-0.2, 0) is 15.0 Å². The molecule has 1 fully saturated rings. The van der Waals surface area contributed by atoms with Crippen molar-refractivity contribution in [3.8, 4) is 0 Å². The molecule has 1 aliphatic carbocycles. The van der Waals surface area contributed by atoms with Gasteiger partial charge < -0.3 is 9.69 Å². The molecule has 1 aromatic carbocycles. The van der Waals surface area contributed by atoms with E-state index in [-0.39, 0.29) is 23.3 Å². The Morgan fingerprint density at radius 3 is 2.54 bits per heavy atom. The summed E-state index contributed by atoms with van der Waals surface area (Å²) in [6, 6.07) is 9.99. The largest absolute Gasteiger partial charge is 0.342 e. The first-order chi connectivity index (χ1) is 11.3. The molecular formula is C20H22N2O2. The van der Waals surface area contributed by atoms with Crippen LogP contribution in [-0.4, -0.2) is 29.7 Å². The second-order valence-electron chi connectivity index (χ2n) is 7.38. The van der Waals surface area contributed by atoms with Crippen LogP contribution in [0.3, 0.4) is 0 Å². The highest BCUT2D eigenvalue weighted by atomic mass is 16.2. The van der Waals surface area contributed by atoms with E-state index in [9.17, 15) is 9.59 Å². The number of nitrogens with zero attached hydrogens (tertiary/aromatic N) is 2. The van der Waals surface area contributed by atoms with Gasteiger partial charge in [0.1, 0.15) is 0 Å². The lowest BCUT2D eigenvalue weighted by atomic mass is 9.53. The first kappa shape index (κ1) is 16.4. The summed E-state index contributed by atoms with van der Waals surface area (Å²) >= 11 is 0. The maximum atomic E-state index is 12.8. The van der Waals surface area contributed by atoms with Gasteiger partial charge in [-0.2, -0.15) is 0 Å². The Balaban J connectivity index is 2.25. The molecule has 124 valence electrons. The van der Waals surface area contributed by atoms with Crippen molar-refractivity contribution in [3.63, 3.8) is 0 Å². The minimum absolute atomic E-state index is 0.0382. The highest BCUT2D eigenvalue weighted by molar-refractivity contribution is 6.02. The topological polar surface area (TPSA) is 41.7 Å². The monoisotopic (exact) mass is 322 g/mol. The van der Waals surface area contributed by atoms with Gasteiger partial charge in [-0.25, -0.2) is 4.85 Å². The van der Waals surface area contributed by atoms with E-state index in [1.54, 1.807) is 6.92 Å². The maximum absolute atomic E-state index is 12.8. The number of benzene rings is 1. The molecule has 1 amide bonds. The van der Waals surface area contributed by atoms with Crippen molar-refractivity contribution >= 4 is 11.7 Å². The van der Waals surface area contributed by atoms with E-state index in [4.69, 9.17) is 6.57 Å². The van der Waals surface area contributed by atoms with Gasteiger partial charge in [0.05, 0.1) is 6.57 Å². The van der Waals surface area contributed by atoms with Gasteiger partial charge in [-0.15, -0.1) is 0 Å². The highest BCUT2D eigenvalue weighted by Gasteiger charge is 2.56. The zero-order valence-corrected chi connectivity index (χ0v) is 14.4. The van der Waals surface area contributed by atoms with E-state index in [0.29, 0.717) is 13.1 Å². The van der Waals surface area contributed by atoms with Crippen LogP contribution < -0.4 is 0 Å². The summed E-state index contributed by atoms with van der Waals surface area (Å²) in [5.41, 5.74) is 0.170. The number of piperidine rings is 1. The minimum Gasteiger partial charge on any atom is -0.342 e. The van der Waals surface area contributed by atoms with Gasteiger partial charge >= 0.3 is 0 Å². The Morgan fingerprint density at radius 1 is 1.29 bits per heavy atom. The number of carbonyl (C=O) groups is 2. The Kier molecular flexibility index (Phi) is 3.83. The fourth-order valence-corrected chi connectivity index (χ4v) is 4.47. The smallest absolute Gasteiger partial charge is 0.226 e. The molecule has 0 aromatic heterocycles. The lowest BCUT2D eigenvalue weighted by Gasteiger charge is -2.55. The first-order valence-electron chi connectivity index (χ1n) is 8.29. The molecule has 24 heavy (non-hydrogen) atoms. The molecule has 0 saturated carbocycles. The highest BCUT2D eigenvalue weighted by Crippen LogP contribution is 2.53. The van der Waals surface area contributed by atoms with Gasteiger partial charge in [0, 0.05) is 30.8 Å². The fraction of sp³-hybridized carbons (Fsp3) is 0.450. The van der Waals surface area contributed by atoms with Crippen molar-refractivity contribution < 1.29 is 9.59 Å². The number of fused-ring (bicyclic) bond motifs is 1. The Morgan fingerprint density at radius 2 is 1.96 bits per heavy atom. The van der Waals surface area contributed by atoms with Crippen molar-refractivity contribution in [3.05, 3.63) is 59.1 Å². The molecule has 4 nitrogen and oxygen atoms in total. The molecular weight excluding hydrogens is 300 g/mol. The number of allylic oxidation sites excluding steroid dienone is 1. The third-order valence-electron chi connectivity index (χ3n) is 5.72. The first-order valence-corrected chi connectivity index (χ1v) is 8.29. The number of likely N-dealkylation sites (tertiary alicyclic amines) is 1. The van der Waals surface area contributed by atoms with E-state index in [1.807, 2.05) is 55.2 Å². The number of ketones is 1. The van der Waals surface area contributed by atoms with Gasteiger partial charge in [-0.05, 0) is 17.9 Å². The van der Waals surface area contributed by atoms with Gasteiger partial charge in [0.2, 0.25) is 11.6 Å². The van der Waals surface area contributed by atoms with Crippen LogP contribution in [0, 0.1) is 17.9 Å². The molecule has 2 aliphatic rings. The summed E-state index contributed by atoms with van der Waals surface area (Å²) in [6.07, 6.45) is 2.59. The van der Waals surface area contributed by atoms with E-state index in [2.05, 4.69) is 4.85 Å². The Labute approximate surface area is 143 Å². The predicted molar refractivity (Wildman–Crippen MR) is 92.0 cm³/mol. The van der Waals surface area contributed by atoms with Crippen LogP contribution in [0.25, 0.3) is 4.85 Å². The number of hydrogen-bond acceptors (Lipinski definition) is 2. The van der Waals surface area contributed by atoms with Crippen molar-refractivity contribution in [2.75, 3.05) is 13.1 Å². The molecule has 2 atom stereocenters. The van der Waals surface area contributed by atoms with Crippen molar-refractivity contribution in [1.29, 1.82) is 0 Å². The van der Waals surface area contributed by atoms with Gasteiger partial charge in [0.25, 0.3) is 0 Å². The number of Topliss-reactive ketones (excluding diaryl/α,β-unsaturated/α-hetero) is 1. The number of amides is 1. The summed E-state index contributed by atoms with van der Waals surface area (Å²) in [5.74, 6) is 0.0301. The fourth-order valence-electron chi connectivity index (χ4n) is 4.47. The molecule has 0 unspecified atom stereocenters. The molecule has 0 bridgehead atoms. The van der Waals surface area contributed by atoms with Crippen molar-refractivity contribution in [1.82, 2.24) is 4.90 Å². The van der Waals surface area contributed by atoms with Crippen LogP contribution in [0.5, 0.6) is 0 Å². The third-order valence-corrected chi connectivity index (χ3v) is 5.72. The second-order valence-corrected chi connectivity index (χ2v) is 7.38. The van der Waals surface area contributed by atoms with E-state index in [1.165, 1.54) is 0 Å². The summed E-state index contributed by atoms with van der Waals surface area (Å²) < 4.78 is 0. The Hall–Kier alpha value is -2.41. The Bertz CT molecular complexity index is 758. The zero-order chi connectivity index (χ0) is 17.5. The van der Waals surface area contributed by atoms with Crippen molar-refractivity contribution in [2.45, 2.75) is 32.6 Å². The quantitative estimate of drug-likeness (QED) is 0.745. The summed E-state index contributed by atoms with van der Waals surface area (Å²) in [6.45, 7) is 14.1. The number of rotatable bonds is 1. The standard InChI is InChI=1S/C20H22N2O2/c1-14(23)22-11-10-17-19(2,3)18(24)16(21-4)12-20(17,13-22)15-8-6-5-7-9-15/h5-9,12,17H,10-11,13H2,1-3H3/t17-,20+/m1/s1. The van der Waals surface area contributed by atoms with Crippen LogP contribution in [0.1, 0.15) is 32.8 Å². The average Bonchev–Trinajstić information content (AvgIpc) is 2.58. The molecule has 4 heteroatoms. The van der Waals surface area contributed by atoms with Crippen molar-refractivity contribution in [2.24, 2.45) is 11.3 Å². The van der Waals surface area contributed by atoms with Crippen LogP contribution in [0.15, 0.2) is 42.1 Å². The van der Waals surface area contributed by atoms with Gasteiger partial charge in [-0.3, -0.25) is 4.79 Å². The minimum atomic E-state index is -0.618. The average molecular weight is 322 g/mol. The van der Waals surface area contributed by atoms with Crippen LogP contribution >= 0.6 is 0 Å². The zero-order valence-electron chi connectivity index (χ0n) is 14.4. The third kappa shape index (κ3) is 2.27. The molecule has 0 radical (unpaired) electrons. The van der Waals surface area contributed by atoms with E-state index >= 15 is 0 Å². The molecule has 0 N–H and O–H groups in total. The number of hydrogen-bond donors (Lipinski definition) is 0. The maximum Gasteiger partial charge on any atom is 0.226 e. The normalized spacial score (nSPS) is 28.6. The van der Waals surface area contributed by atoms with Crippen LogP contribution in [0.2, 0.25) is 0 Å². The molecule has 1 saturated heterocycles. The molecule has 1 heterocycles. The van der Waals surface area contributed by atoms with Gasteiger partial charge in [-0.1, -0.05) is 50.3 Å². The van der Waals surface area contributed by atoms with E-state index < -0.39 is 10.8 Å². The molecule has 3 rings (SSSR count). The summed E-state index contributed by atoms with van der Waals surface area (Å²) in [7, 11) is 0. The lowest BCUT2D eigenvalue weighted by molar-refractivity contribution is -0.136. The van der Waals surface area contributed by atoms with Gasteiger partial charge in [0.15, 0.2) is 5.78 Å². The molecule has 1 aromatic rings. The van der Waals surface area contributed by atoms with Crippen LogP contribution in [0.4, 0.5) is 0 Å². The molecule has 0 spiro atoms. The SMILES string of the molecule is [C-]#[N+]C1=C[C@@]2(c3ccccc3)CN(C(C)=O)CC[C@@H]2C(C)(C)C1=O.